The number of hydrogen-bond acceptors (Lipinski definition) is 6. The van der Waals surface area contributed by atoms with E-state index in [4.69, 9.17) is 27.5 Å². The second-order valence-electron chi connectivity index (χ2n) is 8.60. The number of benzene rings is 2. The first kappa shape index (κ1) is 23.6. The van der Waals surface area contributed by atoms with Crippen molar-refractivity contribution in [3.63, 3.8) is 0 Å². The summed E-state index contributed by atoms with van der Waals surface area (Å²) in [4.78, 5) is 14.9. The summed E-state index contributed by atoms with van der Waals surface area (Å²) in [5.41, 5.74) is 7.57. The molecule has 2 aliphatic heterocycles. The molecule has 176 valence electrons. The number of likely N-dealkylation sites (tertiary alicyclic amines) is 1. The average molecular weight is 482 g/mol. The minimum absolute atomic E-state index is 0.149. The largest absolute Gasteiger partial charge is 0.477 e. The van der Waals surface area contributed by atoms with E-state index < -0.39 is 11.5 Å². The highest BCUT2D eigenvalue weighted by Crippen LogP contribution is 2.38. The van der Waals surface area contributed by atoms with Gasteiger partial charge in [-0.05, 0) is 49.1 Å². The summed E-state index contributed by atoms with van der Waals surface area (Å²) in [7, 11) is 0. The SMILES string of the molecule is N#CC1(Cc2ccc(F)cc2)CCN(C(=O)C2CNc3cc(Cl)c(/C(C=N)=C/N)cc3O2)CC1. The third kappa shape index (κ3) is 4.70. The highest BCUT2D eigenvalue weighted by atomic mass is 35.5. The van der Waals surface area contributed by atoms with Gasteiger partial charge in [0.1, 0.15) is 11.6 Å². The number of fused-ring (bicyclic) bond motifs is 1. The Bertz CT molecular complexity index is 1170. The molecule has 34 heavy (non-hydrogen) atoms. The molecule has 4 rings (SSSR count). The minimum atomic E-state index is -0.724. The number of piperidine rings is 1. The van der Waals surface area contributed by atoms with Crippen LogP contribution in [0.5, 0.6) is 5.75 Å². The second-order valence-corrected chi connectivity index (χ2v) is 9.01. The van der Waals surface area contributed by atoms with Crippen molar-refractivity contribution in [1.29, 1.82) is 10.7 Å². The molecule has 1 fully saturated rings. The van der Waals surface area contributed by atoms with Crippen molar-refractivity contribution in [3.8, 4) is 11.8 Å². The predicted molar refractivity (Wildman–Crippen MR) is 129 cm³/mol. The fraction of sp³-hybridized carbons (Fsp3) is 0.320. The summed E-state index contributed by atoms with van der Waals surface area (Å²) >= 11 is 6.32. The quantitative estimate of drug-likeness (QED) is 0.559. The number of ether oxygens (including phenoxy) is 1. The van der Waals surface area contributed by atoms with Crippen LogP contribution in [0.15, 0.2) is 42.6 Å². The van der Waals surface area contributed by atoms with Crippen molar-refractivity contribution in [2.75, 3.05) is 25.0 Å². The monoisotopic (exact) mass is 481 g/mol. The highest BCUT2D eigenvalue weighted by molar-refractivity contribution is 6.34. The van der Waals surface area contributed by atoms with Gasteiger partial charge in [0.15, 0.2) is 6.10 Å². The molecule has 0 spiro atoms. The molecule has 0 bridgehead atoms. The van der Waals surface area contributed by atoms with Crippen molar-refractivity contribution in [2.45, 2.75) is 25.4 Å². The van der Waals surface area contributed by atoms with Gasteiger partial charge >= 0.3 is 0 Å². The molecule has 4 N–H and O–H groups in total. The number of rotatable bonds is 5. The third-order valence-corrected chi connectivity index (χ3v) is 6.78. The van der Waals surface area contributed by atoms with Crippen molar-refractivity contribution >= 4 is 35.0 Å². The van der Waals surface area contributed by atoms with Gasteiger partial charge < -0.3 is 26.1 Å². The summed E-state index contributed by atoms with van der Waals surface area (Å²) in [5, 5.41) is 21.0. The normalized spacial score (nSPS) is 19.3. The van der Waals surface area contributed by atoms with Crippen LogP contribution in [0.2, 0.25) is 5.02 Å². The summed E-state index contributed by atoms with van der Waals surface area (Å²) < 4.78 is 19.2. The first-order valence-electron chi connectivity index (χ1n) is 11.0. The van der Waals surface area contributed by atoms with E-state index in [1.807, 2.05) is 0 Å². The fourth-order valence-electron chi connectivity index (χ4n) is 4.44. The smallest absolute Gasteiger partial charge is 0.265 e. The Labute approximate surface area is 202 Å². The number of halogens is 2. The number of allylic oxidation sites excluding steroid dienone is 1. The maximum absolute atomic E-state index is 13.2. The minimum Gasteiger partial charge on any atom is -0.477 e. The zero-order valence-corrected chi connectivity index (χ0v) is 19.2. The first-order chi connectivity index (χ1) is 16.4. The Kier molecular flexibility index (Phi) is 6.75. The molecule has 2 aliphatic rings. The van der Waals surface area contributed by atoms with Crippen molar-refractivity contribution in [2.24, 2.45) is 11.1 Å². The molecular formula is C25H25ClFN5O2. The molecule has 2 aromatic rings. The zero-order chi connectivity index (χ0) is 24.3. The van der Waals surface area contributed by atoms with Gasteiger partial charge in [-0.25, -0.2) is 4.39 Å². The molecule has 1 atom stereocenters. The maximum Gasteiger partial charge on any atom is 0.265 e. The summed E-state index contributed by atoms with van der Waals surface area (Å²) in [6, 6.07) is 12.0. The van der Waals surface area contributed by atoms with Crippen LogP contribution in [-0.2, 0) is 11.2 Å². The van der Waals surface area contributed by atoms with E-state index in [2.05, 4.69) is 11.4 Å². The van der Waals surface area contributed by atoms with Gasteiger partial charge in [-0.2, -0.15) is 5.26 Å². The average Bonchev–Trinajstić information content (AvgIpc) is 2.86. The number of nitrogens with zero attached hydrogens (tertiary/aromatic N) is 2. The molecule has 0 saturated carbocycles. The lowest BCUT2D eigenvalue weighted by Crippen LogP contribution is -2.51. The molecule has 1 saturated heterocycles. The molecule has 0 aromatic heterocycles. The maximum atomic E-state index is 13.2. The van der Waals surface area contributed by atoms with E-state index in [1.54, 1.807) is 29.2 Å². The molecular weight excluding hydrogens is 457 g/mol. The van der Waals surface area contributed by atoms with Crippen LogP contribution in [0.1, 0.15) is 24.0 Å². The van der Waals surface area contributed by atoms with Crippen LogP contribution in [-0.4, -0.2) is 42.8 Å². The Morgan fingerprint density at radius 3 is 2.68 bits per heavy atom. The lowest BCUT2D eigenvalue weighted by molar-refractivity contribution is -0.140. The van der Waals surface area contributed by atoms with Gasteiger partial charge in [0.05, 0.1) is 28.7 Å². The van der Waals surface area contributed by atoms with Crippen molar-refractivity contribution in [3.05, 3.63) is 64.6 Å². The van der Waals surface area contributed by atoms with Crippen molar-refractivity contribution < 1.29 is 13.9 Å². The topological polar surface area (TPSA) is 115 Å². The van der Waals surface area contributed by atoms with Gasteiger partial charge in [0.2, 0.25) is 0 Å². The van der Waals surface area contributed by atoms with Crippen LogP contribution < -0.4 is 15.8 Å². The van der Waals surface area contributed by atoms with Gasteiger partial charge in [-0.15, -0.1) is 0 Å². The molecule has 1 unspecified atom stereocenters. The summed E-state index contributed by atoms with van der Waals surface area (Å²) in [5.74, 6) is 0.00911. The van der Waals surface area contributed by atoms with Gasteiger partial charge in [-0.3, -0.25) is 4.79 Å². The number of nitrogens with one attached hydrogen (secondary N) is 2. The van der Waals surface area contributed by atoms with E-state index in [9.17, 15) is 14.4 Å². The Morgan fingerprint density at radius 2 is 2.06 bits per heavy atom. The van der Waals surface area contributed by atoms with E-state index in [0.29, 0.717) is 66.5 Å². The first-order valence-corrected chi connectivity index (χ1v) is 11.4. The second kappa shape index (κ2) is 9.74. The van der Waals surface area contributed by atoms with E-state index in [-0.39, 0.29) is 11.7 Å². The molecule has 2 heterocycles. The summed E-state index contributed by atoms with van der Waals surface area (Å²) in [6.07, 6.45) is 3.27. The molecule has 2 aromatic carbocycles. The van der Waals surface area contributed by atoms with Crippen LogP contribution in [0.25, 0.3) is 5.57 Å². The van der Waals surface area contributed by atoms with Gasteiger partial charge in [0, 0.05) is 36.6 Å². The number of carbonyl (C=O) groups is 1. The highest BCUT2D eigenvalue weighted by Gasteiger charge is 2.39. The lowest BCUT2D eigenvalue weighted by atomic mass is 9.75. The number of nitrogens with two attached hydrogens (primary N) is 1. The number of carbonyl (C=O) groups excluding carboxylic acids is 1. The number of nitriles is 1. The van der Waals surface area contributed by atoms with Crippen LogP contribution in [0, 0.1) is 28.0 Å². The van der Waals surface area contributed by atoms with Crippen LogP contribution in [0.3, 0.4) is 0 Å². The number of hydrogen-bond donors (Lipinski definition) is 3. The standard InChI is InChI=1S/C25H25ClFN5O2/c26-20-10-21-22(9-19(20)17(12-28)13-29)34-23(14-31-21)24(33)32-7-5-25(15-30,6-8-32)11-16-1-3-18(27)4-2-16/h1-4,9-10,12-13,23,28,31H,5-8,11,14,29H2/b17-13+,28-12?. The summed E-state index contributed by atoms with van der Waals surface area (Å²) in [6.45, 7) is 1.18. The molecule has 0 aliphatic carbocycles. The lowest BCUT2D eigenvalue weighted by Gasteiger charge is -2.39. The Morgan fingerprint density at radius 1 is 1.35 bits per heavy atom. The van der Waals surface area contributed by atoms with Crippen molar-refractivity contribution in [1.82, 2.24) is 4.90 Å². The zero-order valence-electron chi connectivity index (χ0n) is 18.5. The Balaban J connectivity index is 1.43. The predicted octanol–water partition coefficient (Wildman–Crippen LogP) is 3.98. The molecule has 7 nitrogen and oxygen atoms in total. The number of amides is 1. The van der Waals surface area contributed by atoms with Gasteiger partial charge in [0.25, 0.3) is 5.91 Å². The number of anilines is 1. The fourth-order valence-corrected chi connectivity index (χ4v) is 4.71. The molecule has 0 radical (unpaired) electrons. The Hall–Kier alpha value is -3.57. The van der Waals surface area contributed by atoms with Gasteiger partial charge in [-0.1, -0.05) is 23.7 Å². The van der Waals surface area contributed by atoms with Crippen LogP contribution in [0.4, 0.5) is 10.1 Å². The third-order valence-electron chi connectivity index (χ3n) is 6.46. The molecule has 1 amide bonds. The van der Waals surface area contributed by atoms with E-state index >= 15 is 0 Å². The van der Waals surface area contributed by atoms with E-state index in [0.717, 1.165) is 11.8 Å². The van der Waals surface area contributed by atoms with E-state index in [1.165, 1.54) is 18.3 Å². The van der Waals surface area contributed by atoms with Crippen LogP contribution >= 0.6 is 11.6 Å². The molecule has 9 heteroatoms.